The number of likely N-dealkylation sites (tertiary alicyclic amines) is 1. The Hall–Kier alpha value is -3.14. The van der Waals surface area contributed by atoms with Crippen LogP contribution < -0.4 is 10.5 Å². The minimum Gasteiger partial charge on any atom is -0.490 e. The molecule has 40 heavy (non-hydrogen) atoms. The third-order valence-electron chi connectivity index (χ3n) is 7.72. The van der Waals surface area contributed by atoms with Crippen LogP contribution in [0.15, 0.2) is 53.4 Å². The summed E-state index contributed by atoms with van der Waals surface area (Å²) in [6.45, 7) is 8.85. The van der Waals surface area contributed by atoms with Gasteiger partial charge >= 0.3 is 5.97 Å². The van der Waals surface area contributed by atoms with Gasteiger partial charge in [0.1, 0.15) is 34.7 Å². The van der Waals surface area contributed by atoms with Crippen LogP contribution in [-0.4, -0.2) is 72.7 Å². The second kappa shape index (κ2) is 11.4. The van der Waals surface area contributed by atoms with Gasteiger partial charge in [-0.1, -0.05) is 57.2 Å². The highest BCUT2D eigenvalue weighted by Crippen LogP contribution is 2.47. The highest BCUT2D eigenvalue weighted by Gasteiger charge is 2.46. The van der Waals surface area contributed by atoms with Crippen molar-refractivity contribution in [3.63, 3.8) is 0 Å². The smallest absolute Gasteiger partial charge is 0.362 e. The number of nitrogens with zero attached hydrogens (tertiary/aromatic N) is 1. The van der Waals surface area contributed by atoms with E-state index >= 15 is 0 Å². The molecule has 2 heterocycles. The summed E-state index contributed by atoms with van der Waals surface area (Å²) in [7, 11) is 0. The molecule has 1 spiro atoms. The molecule has 212 valence electrons. The average molecular weight is 566 g/mol. The molecular weight excluding hydrogens is 528 g/mol. The van der Waals surface area contributed by atoms with Crippen molar-refractivity contribution in [2.24, 2.45) is 0 Å². The van der Waals surface area contributed by atoms with Crippen LogP contribution in [0.25, 0.3) is 5.76 Å². The number of hydrogen-bond acceptors (Lipinski definition) is 8. The number of piperidine rings is 1. The molecule has 2 aromatic rings. The minimum atomic E-state index is -0.478. The Labute approximate surface area is 239 Å². The number of Topliss-reactive ketones (excluding diaryl/α,β-unsaturated/α-hetero) is 2. The van der Waals surface area contributed by atoms with Gasteiger partial charge in [0.05, 0.1) is 0 Å². The zero-order valence-corrected chi connectivity index (χ0v) is 24.2. The number of esters is 1. The van der Waals surface area contributed by atoms with Gasteiger partial charge in [-0.05, 0) is 23.1 Å². The first-order valence-corrected chi connectivity index (χ1v) is 14.8. The van der Waals surface area contributed by atoms with Crippen molar-refractivity contribution in [2.45, 2.75) is 50.7 Å². The van der Waals surface area contributed by atoms with Gasteiger partial charge in [-0.3, -0.25) is 14.5 Å². The number of hydrogen-bond donors (Lipinski definition) is 1. The maximum absolute atomic E-state index is 12.7. The molecule has 5 rings (SSSR count). The quantitative estimate of drug-likeness (QED) is 0.403. The number of thioether (sulfide) groups is 1. The molecule has 1 saturated heterocycles. The third-order valence-corrected chi connectivity index (χ3v) is 9.05. The first-order chi connectivity index (χ1) is 19.1. The molecule has 3 N–H and O–H groups in total. The van der Waals surface area contributed by atoms with Crippen LogP contribution in [0.3, 0.4) is 0 Å². The standard InChI is InChI=1S/C31H36N2O6S/c1-30(2,3)20-8-10-21(11-9-20)37-18-22(38-25(34)16-32)17-33-14-12-31(13-15-33)19-40-29-27(36)26(35)23-6-4-5-7-24(23)28(29)39-31/h4-11,22H,12-19,32H2,1-3H3/p+1/t22-/m0/s1. The van der Waals surface area contributed by atoms with E-state index in [-0.39, 0.29) is 24.5 Å². The SMILES string of the molecule is CC(C)(C)c1ccc(OC[C@H](CN2CCC3(CC2)CSC2=C(O3)c3ccccc3C(=O)C2=O)OC(=O)C[NH3+])cc1. The maximum atomic E-state index is 12.7. The van der Waals surface area contributed by atoms with Crippen LogP contribution in [0, 0.1) is 0 Å². The van der Waals surface area contributed by atoms with E-state index in [0.29, 0.717) is 34.1 Å². The molecule has 9 heteroatoms. The lowest BCUT2D eigenvalue weighted by atomic mass is 9.87. The normalized spacial score (nSPS) is 19.5. The first kappa shape index (κ1) is 28.4. The molecular formula is C31H37N2O6S+. The molecule has 0 aromatic heterocycles. The summed E-state index contributed by atoms with van der Waals surface area (Å²) in [5.41, 5.74) is 5.62. The van der Waals surface area contributed by atoms with Crippen LogP contribution in [0.5, 0.6) is 5.75 Å². The van der Waals surface area contributed by atoms with Crippen molar-refractivity contribution in [2.75, 3.05) is 38.5 Å². The van der Waals surface area contributed by atoms with Crippen molar-refractivity contribution in [3.8, 4) is 5.75 Å². The number of ether oxygens (including phenoxy) is 3. The summed E-state index contributed by atoms with van der Waals surface area (Å²) in [4.78, 5) is 40.1. The van der Waals surface area contributed by atoms with Gasteiger partial charge in [-0.15, -0.1) is 11.8 Å². The van der Waals surface area contributed by atoms with Gasteiger partial charge in [0.25, 0.3) is 0 Å². The van der Waals surface area contributed by atoms with Crippen LogP contribution in [-0.2, 0) is 24.5 Å². The molecule has 8 nitrogen and oxygen atoms in total. The predicted molar refractivity (Wildman–Crippen MR) is 153 cm³/mol. The van der Waals surface area contributed by atoms with Gasteiger partial charge < -0.3 is 19.9 Å². The highest BCUT2D eigenvalue weighted by molar-refractivity contribution is 8.04. The molecule has 2 aromatic carbocycles. The lowest BCUT2D eigenvalue weighted by Gasteiger charge is -2.45. The van der Waals surface area contributed by atoms with Crippen LogP contribution in [0.4, 0.5) is 0 Å². The average Bonchev–Trinajstić information content (AvgIpc) is 2.95. The van der Waals surface area contributed by atoms with Gasteiger partial charge in [-0.25, -0.2) is 4.79 Å². The number of quaternary nitrogens is 1. The minimum absolute atomic E-state index is 0.0579. The molecule has 2 aliphatic heterocycles. The second-order valence-corrected chi connectivity index (χ2v) is 12.7. The lowest BCUT2D eigenvalue weighted by molar-refractivity contribution is -0.360. The Kier molecular flexibility index (Phi) is 8.08. The first-order valence-electron chi connectivity index (χ1n) is 13.8. The van der Waals surface area contributed by atoms with Crippen molar-refractivity contribution < 1.29 is 34.3 Å². The molecule has 1 aliphatic carbocycles. The maximum Gasteiger partial charge on any atom is 0.362 e. The lowest BCUT2D eigenvalue weighted by Crippen LogP contribution is -2.56. The Balaban J connectivity index is 1.21. The third kappa shape index (κ3) is 5.96. The topological polar surface area (TPSA) is 110 Å². The van der Waals surface area contributed by atoms with E-state index in [0.717, 1.165) is 31.7 Å². The summed E-state index contributed by atoms with van der Waals surface area (Å²) in [5, 5.41) is 0. The van der Waals surface area contributed by atoms with Crippen LogP contribution in [0.1, 0.15) is 55.1 Å². The Morgan fingerprint density at radius 2 is 1.73 bits per heavy atom. The van der Waals surface area contributed by atoms with Crippen LogP contribution >= 0.6 is 11.8 Å². The Morgan fingerprint density at radius 1 is 1.05 bits per heavy atom. The highest BCUT2D eigenvalue weighted by atomic mass is 32.2. The van der Waals surface area contributed by atoms with Crippen molar-refractivity contribution in [3.05, 3.63) is 70.1 Å². The largest absolute Gasteiger partial charge is 0.490 e. The van der Waals surface area contributed by atoms with Crippen molar-refractivity contribution >= 4 is 35.1 Å². The van der Waals surface area contributed by atoms with E-state index in [1.165, 1.54) is 17.3 Å². The van der Waals surface area contributed by atoms with Crippen molar-refractivity contribution in [1.82, 2.24) is 4.90 Å². The molecule has 0 radical (unpaired) electrons. The molecule has 1 fully saturated rings. The van der Waals surface area contributed by atoms with E-state index in [1.807, 2.05) is 24.3 Å². The number of rotatable bonds is 7. The molecule has 3 aliphatic rings. The molecule has 0 unspecified atom stereocenters. The molecule has 0 saturated carbocycles. The van der Waals surface area contributed by atoms with Gasteiger partial charge in [-0.2, -0.15) is 0 Å². The number of fused-ring (bicyclic) bond motifs is 2. The Morgan fingerprint density at radius 3 is 2.38 bits per heavy atom. The zero-order chi connectivity index (χ0) is 28.5. The fourth-order valence-corrected chi connectivity index (χ4v) is 6.56. The van der Waals surface area contributed by atoms with Gasteiger partial charge in [0.2, 0.25) is 11.6 Å². The summed E-state index contributed by atoms with van der Waals surface area (Å²) >= 11 is 1.43. The summed E-state index contributed by atoms with van der Waals surface area (Å²) in [5.74, 6) is 0.596. The number of carbonyl (C=O) groups is 3. The van der Waals surface area contributed by atoms with E-state index in [2.05, 4.69) is 43.5 Å². The summed E-state index contributed by atoms with van der Waals surface area (Å²) < 4.78 is 18.3. The predicted octanol–water partition coefficient (Wildman–Crippen LogP) is 3.25. The van der Waals surface area contributed by atoms with E-state index in [9.17, 15) is 14.4 Å². The number of benzene rings is 2. The molecule has 0 bridgehead atoms. The Bertz CT molecular complexity index is 1320. The van der Waals surface area contributed by atoms with E-state index in [1.54, 1.807) is 12.1 Å². The zero-order valence-electron chi connectivity index (χ0n) is 23.4. The summed E-state index contributed by atoms with van der Waals surface area (Å²) in [6.07, 6.45) is 1.08. The van der Waals surface area contributed by atoms with E-state index in [4.69, 9.17) is 14.2 Å². The number of allylic oxidation sites excluding steroid dienone is 1. The number of ketones is 2. The van der Waals surface area contributed by atoms with Gasteiger partial charge in [0.15, 0.2) is 6.54 Å². The van der Waals surface area contributed by atoms with Crippen LogP contribution in [0.2, 0.25) is 0 Å². The van der Waals surface area contributed by atoms with Gasteiger partial charge in [0, 0.05) is 49.4 Å². The second-order valence-electron chi connectivity index (χ2n) is 11.7. The monoisotopic (exact) mass is 565 g/mol. The number of carbonyl (C=O) groups excluding carboxylic acids is 3. The fourth-order valence-electron chi connectivity index (χ4n) is 5.30. The molecule has 0 amide bonds. The van der Waals surface area contributed by atoms with E-state index < -0.39 is 23.3 Å². The van der Waals surface area contributed by atoms with Crippen molar-refractivity contribution in [1.29, 1.82) is 0 Å². The summed E-state index contributed by atoms with van der Waals surface area (Å²) in [6, 6.07) is 15.2. The molecule has 1 atom stereocenters. The fraction of sp³-hybridized carbons (Fsp3) is 0.452.